The maximum atomic E-state index is 13.7. The van der Waals surface area contributed by atoms with Crippen LogP contribution in [0.1, 0.15) is 43.2 Å². The first-order valence-corrected chi connectivity index (χ1v) is 14.4. The van der Waals surface area contributed by atoms with Gasteiger partial charge in [-0.05, 0) is 48.2 Å². The first-order valence-electron chi connectivity index (χ1n) is 12.6. The van der Waals surface area contributed by atoms with Gasteiger partial charge in [0, 0.05) is 40.5 Å². The SMILES string of the molecule is O=C(NC1CCCC1)[C@@H](Cc1ccccc1)N(Cc1cccc(Br)c1)C(=O)CCSc1ccccc1. The lowest BCUT2D eigenvalue weighted by molar-refractivity contribution is -0.141. The minimum Gasteiger partial charge on any atom is -0.352 e. The zero-order chi connectivity index (χ0) is 25.2. The van der Waals surface area contributed by atoms with Crippen molar-refractivity contribution in [2.45, 2.75) is 62.0 Å². The van der Waals surface area contributed by atoms with Gasteiger partial charge in [0.05, 0.1) is 0 Å². The molecule has 1 saturated carbocycles. The summed E-state index contributed by atoms with van der Waals surface area (Å²) in [6.07, 6.45) is 5.17. The van der Waals surface area contributed by atoms with Crippen LogP contribution in [0.5, 0.6) is 0 Å². The van der Waals surface area contributed by atoms with E-state index in [1.807, 2.05) is 72.8 Å². The molecule has 1 atom stereocenters. The molecule has 0 saturated heterocycles. The predicted molar refractivity (Wildman–Crippen MR) is 151 cm³/mol. The molecule has 1 aliphatic rings. The van der Waals surface area contributed by atoms with Gasteiger partial charge in [-0.3, -0.25) is 9.59 Å². The standard InChI is InChI=1S/C30H33BrN2O2S/c31-25-13-9-12-24(20-25)22-33(29(34)18-19-36-27-16-5-2-6-17-27)28(21-23-10-3-1-4-11-23)30(35)32-26-14-7-8-15-26/h1-6,9-13,16-17,20,26,28H,7-8,14-15,18-19,21-22H2,(H,32,35)/t28-/m1/s1. The quantitative estimate of drug-likeness (QED) is 0.266. The summed E-state index contributed by atoms with van der Waals surface area (Å²) in [4.78, 5) is 30.3. The number of nitrogens with one attached hydrogen (secondary N) is 1. The minimum atomic E-state index is -0.568. The molecule has 1 fully saturated rings. The summed E-state index contributed by atoms with van der Waals surface area (Å²) >= 11 is 5.22. The number of carbonyl (C=O) groups is 2. The van der Waals surface area contributed by atoms with Crippen LogP contribution < -0.4 is 5.32 Å². The Morgan fingerprint density at radius 1 is 0.917 bits per heavy atom. The van der Waals surface area contributed by atoms with Crippen molar-refractivity contribution in [2.75, 3.05) is 5.75 Å². The third-order valence-electron chi connectivity index (χ3n) is 6.54. The Morgan fingerprint density at radius 3 is 2.28 bits per heavy atom. The molecular formula is C30H33BrN2O2S. The molecule has 3 aromatic carbocycles. The zero-order valence-corrected chi connectivity index (χ0v) is 22.8. The summed E-state index contributed by atoms with van der Waals surface area (Å²) in [6.45, 7) is 0.393. The topological polar surface area (TPSA) is 49.4 Å². The van der Waals surface area contributed by atoms with E-state index in [0.29, 0.717) is 25.1 Å². The molecule has 36 heavy (non-hydrogen) atoms. The van der Waals surface area contributed by atoms with Crippen LogP contribution >= 0.6 is 27.7 Å². The molecule has 0 spiro atoms. The van der Waals surface area contributed by atoms with Gasteiger partial charge in [0.25, 0.3) is 0 Å². The second-order valence-corrected chi connectivity index (χ2v) is 11.3. The Labute approximate surface area is 227 Å². The monoisotopic (exact) mass is 564 g/mol. The highest BCUT2D eigenvalue weighted by Crippen LogP contribution is 2.23. The lowest BCUT2D eigenvalue weighted by Crippen LogP contribution is -2.52. The van der Waals surface area contributed by atoms with E-state index in [2.05, 4.69) is 33.4 Å². The van der Waals surface area contributed by atoms with Gasteiger partial charge in [-0.2, -0.15) is 0 Å². The van der Waals surface area contributed by atoms with Gasteiger partial charge in [-0.25, -0.2) is 0 Å². The molecule has 3 aromatic rings. The maximum absolute atomic E-state index is 13.7. The number of carbonyl (C=O) groups excluding carboxylic acids is 2. The Balaban J connectivity index is 1.56. The first-order chi connectivity index (χ1) is 17.6. The molecule has 0 heterocycles. The largest absolute Gasteiger partial charge is 0.352 e. The van der Waals surface area contributed by atoms with Crippen LogP contribution in [0.2, 0.25) is 0 Å². The first kappa shape index (κ1) is 26.5. The number of benzene rings is 3. The molecule has 4 nitrogen and oxygen atoms in total. The zero-order valence-electron chi connectivity index (χ0n) is 20.4. The summed E-state index contributed by atoms with van der Waals surface area (Å²) in [5, 5.41) is 3.27. The summed E-state index contributed by atoms with van der Waals surface area (Å²) in [5.41, 5.74) is 2.05. The molecule has 4 rings (SSSR count). The highest BCUT2D eigenvalue weighted by molar-refractivity contribution is 9.10. The number of rotatable bonds is 11. The van der Waals surface area contributed by atoms with Gasteiger partial charge in [-0.1, -0.05) is 89.4 Å². The fourth-order valence-corrected chi connectivity index (χ4v) is 5.98. The maximum Gasteiger partial charge on any atom is 0.243 e. The van der Waals surface area contributed by atoms with Crippen LogP contribution in [-0.2, 0) is 22.6 Å². The highest BCUT2D eigenvalue weighted by atomic mass is 79.9. The van der Waals surface area contributed by atoms with Crippen molar-refractivity contribution in [3.8, 4) is 0 Å². The van der Waals surface area contributed by atoms with Crippen molar-refractivity contribution in [3.05, 3.63) is 101 Å². The fraction of sp³-hybridized carbons (Fsp3) is 0.333. The van der Waals surface area contributed by atoms with Crippen molar-refractivity contribution in [1.29, 1.82) is 0 Å². The second-order valence-electron chi connectivity index (χ2n) is 9.26. The number of hydrogen-bond acceptors (Lipinski definition) is 3. The smallest absolute Gasteiger partial charge is 0.243 e. The van der Waals surface area contributed by atoms with Crippen molar-refractivity contribution in [3.63, 3.8) is 0 Å². The predicted octanol–water partition coefficient (Wildman–Crippen LogP) is 6.63. The molecule has 1 N–H and O–H groups in total. The molecule has 0 aliphatic heterocycles. The Bertz CT molecular complexity index is 1120. The molecule has 1 aliphatic carbocycles. The molecule has 188 valence electrons. The lowest BCUT2D eigenvalue weighted by atomic mass is 10.0. The number of thioether (sulfide) groups is 1. The molecule has 2 amide bonds. The van der Waals surface area contributed by atoms with Crippen molar-refractivity contribution in [1.82, 2.24) is 10.2 Å². The van der Waals surface area contributed by atoms with E-state index in [4.69, 9.17) is 0 Å². The number of amides is 2. The summed E-state index contributed by atoms with van der Waals surface area (Å²) < 4.78 is 0.960. The normalized spacial score (nSPS) is 14.4. The van der Waals surface area contributed by atoms with Gasteiger partial charge in [0.1, 0.15) is 6.04 Å². The third-order valence-corrected chi connectivity index (χ3v) is 8.05. The van der Waals surface area contributed by atoms with Crippen LogP contribution in [0.25, 0.3) is 0 Å². The van der Waals surface area contributed by atoms with Gasteiger partial charge >= 0.3 is 0 Å². The van der Waals surface area contributed by atoms with Crippen LogP contribution in [0.4, 0.5) is 0 Å². The van der Waals surface area contributed by atoms with E-state index in [-0.39, 0.29) is 17.9 Å². The van der Waals surface area contributed by atoms with E-state index in [1.54, 1.807) is 16.7 Å². The van der Waals surface area contributed by atoms with Gasteiger partial charge in [0.15, 0.2) is 0 Å². The third kappa shape index (κ3) is 7.97. The molecule has 0 radical (unpaired) electrons. The van der Waals surface area contributed by atoms with Gasteiger partial charge in [-0.15, -0.1) is 11.8 Å². The second kappa shape index (κ2) is 13.7. The number of halogens is 1. The minimum absolute atomic E-state index is 0.000842. The summed E-state index contributed by atoms with van der Waals surface area (Å²) in [7, 11) is 0. The van der Waals surface area contributed by atoms with E-state index in [0.717, 1.165) is 46.2 Å². The van der Waals surface area contributed by atoms with Gasteiger partial charge in [0.2, 0.25) is 11.8 Å². The molecule has 0 bridgehead atoms. The van der Waals surface area contributed by atoms with Crippen LogP contribution in [0.15, 0.2) is 94.3 Å². The van der Waals surface area contributed by atoms with Gasteiger partial charge < -0.3 is 10.2 Å². The van der Waals surface area contributed by atoms with E-state index >= 15 is 0 Å². The Morgan fingerprint density at radius 2 is 1.58 bits per heavy atom. The average Bonchev–Trinajstić information content (AvgIpc) is 3.40. The average molecular weight is 566 g/mol. The summed E-state index contributed by atoms with van der Waals surface area (Å²) in [5.74, 6) is 0.617. The van der Waals surface area contributed by atoms with Crippen molar-refractivity contribution in [2.24, 2.45) is 0 Å². The molecular weight excluding hydrogens is 532 g/mol. The van der Waals surface area contributed by atoms with Crippen molar-refractivity contribution < 1.29 is 9.59 Å². The van der Waals surface area contributed by atoms with E-state index < -0.39 is 6.04 Å². The highest BCUT2D eigenvalue weighted by Gasteiger charge is 2.32. The van der Waals surface area contributed by atoms with E-state index in [9.17, 15) is 9.59 Å². The number of hydrogen-bond donors (Lipinski definition) is 1. The van der Waals surface area contributed by atoms with Crippen LogP contribution in [0.3, 0.4) is 0 Å². The van der Waals surface area contributed by atoms with Crippen molar-refractivity contribution >= 4 is 39.5 Å². The molecule has 0 aromatic heterocycles. The van der Waals surface area contributed by atoms with Crippen LogP contribution in [-0.4, -0.2) is 34.6 Å². The molecule has 0 unspecified atom stereocenters. The Kier molecular flexibility index (Phi) is 10.1. The van der Waals surface area contributed by atoms with E-state index in [1.165, 1.54) is 0 Å². The molecule has 6 heteroatoms. The fourth-order valence-electron chi connectivity index (χ4n) is 4.67. The Hall–Kier alpha value is -2.57. The number of nitrogens with zero attached hydrogens (tertiary/aromatic N) is 1. The lowest BCUT2D eigenvalue weighted by Gasteiger charge is -2.32. The van der Waals surface area contributed by atoms with Crippen LogP contribution in [0, 0.1) is 0 Å². The summed E-state index contributed by atoms with van der Waals surface area (Å²) in [6, 6.07) is 27.7.